The van der Waals surface area contributed by atoms with E-state index in [1.54, 1.807) is 18.5 Å². The van der Waals surface area contributed by atoms with E-state index < -0.39 is 0 Å². The molecule has 0 unspecified atom stereocenters. The molecule has 1 aromatic heterocycles. The molecule has 0 saturated carbocycles. The molecule has 1 N–H and O–H groups in total. The normalized spacial score (nSPS) is 18.1. The third-order valence-corrected chi connectivity index (χ3v) is 1.70. The zero-order valence-corrected chi connectivity index (χ0v) is 6.01. The molecule has 1 aliphatic heterocycles. The average molecular weight is 151 g/mol. The molecule has 2 rings (SSSR count). The highest BCUT2D eigenvalue weighted by molar-refractivity contribution is 5.33. The zero-order valence-electron chi connectivity index (χ0n) is 6.01. The van der Waals surface area contributed by atoms with Crippen LogP contribution in [-0.4, -0.2) is 34.3 Å². The number of aliphatic hydroxyl groups is 1. The van der Waals surface area contributed by atoms with Crippen LogP contribution in [0.4, 0.5) is 5.95 Å². The van der Waals surface area contributed by atoms with Gasteiger partial charge in [0.05, 0.1) is 6.10 Å². The molecular formula is C7H9N3O. The van der Waals surface area contributed by atoms with Crippen LogP contribution >= 0.6 is 0 Å². The van der Waals surface area contributed by atoms with Gasteiger partial charge in [-0.2, -0.15) is 0 Å². The highest BCUT2D eigenvalue weighted by Gasteiger charge is 2.25. The van der Waals surface area contributed by atoms with Crippen LogP contribution in [-0.2, 0) is 0 Å². The van der Waals surface area contributed by atoms with Crippen molar-refractivity contribution >= 4 is 5.95 Å². The molecule has 0 aliphatic carbocycles. The molecule has 58 valence electrons. The number of hydrogen-bond donors (Lipinski definition) is 1. The first kappa shape index (κ1) is 6.54. The van der Waals surface area contributed by atoms with E-state index in [2.05, 4.69) is 9.97 Å². The van der Waals surface area contributed by atoms with Crippen molar-refractivity contribution in [3.05, 3.63) is 18.5 Å². The molecule has 11 heavy (non-hydrogen) atoms. The number of aliphatic hydroxyl groups excluding tert-OH is 1. The summed E-state index contributed by atoms with van der Waals surface area (Å²) in [5.41, 5.74) is 0. The van der Waals surface area contributed by atoms with Crippen LogP contribution in [0.25, 0.3) is 0 Å². The van der Waals surface area contributed by atoms with Gasteiger partial charge in [-0.25, -0.2) is 9.97 Å². The molecule has 1 saturated heterocycles. The third kappa shape index (κ3) is 1.17. The Balaban J connectivity index is 2.08. The Morgan fingerprint density at radius 1 is 1.36 bits per heavy atom. The van der Waals surface area contributed by atoms with Crippen molar-refractivity contribution < 1.29 is 5.11 Å². The van der Waals surface area contributed by atoms with E-state index in [1.165, 1.54) is 0 Å². The largest absolute Gasteiger partial charge is 0.389 e. The minimum Gasteiger partial charge on any atom is -0.389 e. The number of hydrogen-bond acceptors (Lipinski definition) is 4. The minimum absolute atomic E-state index is 0.196. The fourth-order valence-electron chi connectivity index (χ4n) is 1.07. The standard InChI is InChI=1S/C7H9N3O/c11-6-4-10(5-6)7-8-2-1-3-9-7/h1-3,6,11H,4-5H2. The summed E-state index contributed by atoms with van der Waals surface area (Å²) < 4.78 is 0. The van der Waals surface area contributed by atoms with Gasteiger partial charge in [0.2, 0.25) is 5.95 Å². The quantitative estimate of drug-likeness (QED) is 0.596. The van der Waals surface area contributed by atoms with E-state index in [0.29, 0.717) is 19.0 Å². The van der Waals surface area contributed by atoms with Crippen molar-refractivity contribution in [3.8, 4) is 0 Å². The second-order valence-corrected chi connectivity index (χ2v) is 2.61. The molecule has 0 bridgehead atoms. The minimum atomic E-state index is -0.196. The van der Waals surface area contributed by atoms with Gasteiger partial charge < -0.3 is 10.0 Å². The first-order valence-electron chi connectivity index (χ1n) is 3.56. The summed E-state index contributed by atoms with van der Waals surface area (Å²) in [4.78, 5) is 10.0. The molecule has 4 heteroatoms. The zero-order chi connectivity index (χ0) is 7.68. The SMILES string of the molecule is OC1CN(c2ncccn2)C1. The predicted molar refractivity (Wildman–Crippen MR) is 40.3 cm³/mol. The van der Waals surface area contributed by atoms with Crippen molar-refractivity contribution in [2.24, 2.45) is 0 Å². The van der Waals surface area contributed by atoms with Crippen LogP contribution in [0.15, 0.2) is 18.5 Å². The molecule has 2 heterocycles. The van der Waals surface area contributed by atoms with E-state index in [9.17, 15) is 0 Å². The Bertz CT molecular complexity index is 233. The van der Waals surface area contributed by atoms with Crippen molar-refractivity contribution in [1.29, 1.82) is 0 Å². The Labute approximate surface area is 64.5 Å². The molecule has 4 nitrogen and oxygen atoms in total. The predicted octanol–water partition coefficient (Wildman–Crippen LogP) is -0.343. The summed E-state index contributed by atoms with van der Waals surface area (Å²) in [6.07, 6.45) is 3.21. The van der Waals surface area contributed by atoms with Gasteiger partial charge in [0.25, 0.3) is 0 Å². The molecule has 0 spiro atoms. The van der Waals surface area contributed by atoms with Crippen molar-refractivity contribution in [1.82, 2.24) is 9.97 Å². The van der Waals surface area contributed by atoms with Gasteiger partial charge in [-0.15, -0.1) is 0 Å². The summed E-state index contributed by atoms with van der Waals surface area (Å²) in [5.74, 6) is 0.706. The summed E-state index contributed by atoms with van der Waals surface area (Å²) in [5, 5.41) is 8.98. The van der Waals surface area contributed by atoms with Gasteiger partial charge in [-0.3, -0.25) is 0 Å². The van der Waals surface area contributed by atoms with E-state index in [-0.39, 0.29) is 6.10 Å². The van der Waals surface area contributed by atoms with E-state index in [4.69, 9.17) is 5.11 Å². The van der Waals surface area contributed by atoms with Gasteiger partial charge in [-0.1, -0.05) is 0 Å². The van der Waals surface area contributed by atoms with Crippen LogP contribution < -0.4 is 4.90 Å². The number of rotatable bonds is 1. The molecule has 1 fully saturated rings. The second kappa shape index (κ2) is 2.47. The van der Waals surface area contributed by atoms with E-state index in [0.717, 1.165) is 0 Å². The fraction of sp³-hybridized carbons (Fsp3) is 0.429. The fourth-order valence-corrected chi connectivity index (χ4v) is 1.07. The first-order valence-corrected chi connectivity index (χ1v) is 3.56. The lowest BCUT2D eigenvalue weighted by atomic mass is 10.2. The Morgan fingerprint density at radius 3 is 2.55 bits per heavy atom. The lowest BCUT2D eigenvalue weighted by molar-refractivity contribution is 0.140. The molecule has 0 radical (unpaired) electrons. The second-order valence-electron chi connectivity index (χ2n) is 2.61. The summed E-state index contributed by atoms with van der Waals surface area (Å²) in [6.45, 7) is 1.31. The van der Waals surface area contributed by atoms with E-state index in [1.807, 2.05) is 4.90 Å². The van der Waals surface area contributed by atoms with E-state index >= 15 is 0 Å². The van der Waals surface area contributed by atoms with Crippen LogP contribution in [0.2, 0.25) is 0 Å². The first-order chi connectivity index (χ1) is 5.36. The molecule has 0 aromatic carbocycles. The Kier molecular flexibility index (Phi) is 1.47. The van der Waals surface area contributed by atoms with Crippen molar-refractivity contribution in [2.45, 2.75) is 6.10 Å². The maximum Gasteiger partial charge on any atom is 0.225 e. The topological polar surface area (TPSA) is 49.2 Å². The van der Waals surface area contributed by atoms with Gasteiger partial charge in [-0.05, 0) is 6.07 Å². The lowest BCUT2D eigenvalue weighted by Gasteiger charge is -2.35. The average Bonchev–Trinajstić information content (AvgIpc) is 2.01. The highest BCUT2D eigenvalue weighted by Crippen LogP contribution is 2.13. The van der Waals surface area contributed by atoms with Crippen LogP contribution in [0, 0.1) is 0 Å². The van der Waals surface area contributed by atoms with Gasteiger partial charge in [0, 0.05) is 25.5 Å². The van der Waals surface area contributed by atoms with Crippen molar-refractivity contribution in [2.75, 3.05) is 18.0 Å². The van der Waals surface area contributed by atoms with Crippen LogP contribution in [0.1, 0.15) is 0 Å². The van der Waals surface area contributed by atoms with Crippen LogP contribution in [0.5, 0.6) is 0 Å². The van der Waals surface area contributed by atoms with Gasteiger partial charge >= 0.3 is 0 Å². The smallest absolute Gasteiger partial charge is 0.225 e. The molecule has 1 aromatic rings. The number of β-amino-alcohol motifs (C(OH)–C–C–N with tert-alkyl or cyclic N) is 1. The molecule has 0 atom stereocenters. The maximum atomic E-state index is 8.98. The number of anilines is 1. The summed E-state index contributed by atoms with van der Waals surface area (Å²) in [6, 6.07) is 1.78. The lowest BCUT2D eigenvalue weighted by Crippen LogP contribution is -2.51. The molecular weight excluding hydrogens is 142 g/mol. The van der Waals surface area contributed by atoms with Gasteiger partial charge in [0.15, 0.2) is 0 Å². The van der Waals surface area contributed by atoms with Crippen LogP contribution in [0.3, 0.4) is 0 Å². The summed E-state index contributed by atoms with van der Waals surface area (Å²) >= 11 is 0. The molecule has 1 aliphatic rings. The third-order valence-electron chi connectivity index (χ3n) is 1.70. The Hall–Kier alpha value is -1.16. The number of nitrogens with zero attached hydrogens (tertiary/aromatic N) is 3. The van der Waals surface area contributed by atoms with Gasteiger partial charge in [0.1, 0.15) is 0 Å². The summed E-state index contributed by atoms with van der Waals surface area (Å²) in [7, 11) is 0. The maximum absolute atomic E-state index is 8.98. The highest BCUT2D eigenvalue weighted by atomic mass is 16.3. The Morgan fingerprint density at radius 2 is 2.00 bits per heavy atom. The number of aromatic nitrogens is 2. The molecule has 0 amide bonds. The van der Waals surface area contributed by atoms with Crippen molar-refractivity contribution in [3.63, 3.8) is 0 Å². The monoisotopic (exact) mass is 151 g/mol.